The van der Waals surface area contributed by atoms with Crippen LogP contribution in [0.1, 0.15) is 59.1 Å². The van der Waals surface area contributed by atoms with E-state index in [9.17, 15) is 0 Å². The van der Waals surface area contributed by atoms with Gasteiger partial charge in [0.25, 0.3) is 0 Å². The molecule has 0 atom stereocenters. The minimum Gasteiger partial charge on any atom is -1.00 e. The summed E-state index contributed by atoms with van der Waals surface area (Å²) in [7, 11) is 0. The van der Waals surface area contributed by atoms with Gasteiger partial charge in [0.2, 0.25) is 0 Å². The fourth-order valence-electron chi connectivity index (χ4n) is 3.56. The summed E-state index contributed by atoms with van der Waals surface area (Å²) >= 11 is 2.23. The average Bonchev–Trinajstić information content (AvgIpc) is 2.81. The van der Waals surface area contributed by atoms with Crippen molar-refractivity contribution in [2.75, 3.05) is 0 Å². The fraction of sp³-hybridized carbons (Fsp3) is 0.391. The molecule has 0 spiro atoms. The first-order valence-electron chi connectivity index (χ1n) is 9.06. The SMILES string of the molecule is CC1=C(C)C(C)=C(c2ccc3ccccc3c2C[N]([Ti+2])C(C)(C)C)C1.[Cl-].[Cl-]. The third kappa shape index (κ3) is 4.89. The van der Waals surface area contributed by atoms with E-state index in [1.165, 1.54) is 44.2 Å². The summed E-state index contributed by atoms with van der Waals surface area (Å²) in [6.07, 6.45) is 1.09. The number of fused-ring (bicyclic) bond motifs is 1. The van der Waals surface area contributed by atoms with E-state index in [0.29, 0.717) is 0 Å². The summed E-state index contributed by atoms with van der Waals surface area (Å²) in [6, 6.07) is 13.4. The fourth-order valence-corrected chi connectivity index (χ4v) is 3.81. The Labute approximate surface area is 188 Å². The zero-order valence-corrected chi connectivity index (χ0v) is 20.2. The molecule has 2 aromatic carbocycles. The molecule has 1 nitrogen and oxygen atoms in total. The normalized spacial score (nSPS) is 14.7. The maximum Gasteiger partial charge on any atom is -1.00 e. The van der Waals surface area contributed by atoms with Crippen molar-refractivity contribution >= 4 is 16.3 Å². The van der Waals surface area contributed by atoms with Crippen LogP contribution in [0.2, 0.25) is 0 Å². The molecule has 0 fully saturated rings. The van der Waals surface area contributed by atoms with Gasteiger partial charge in [0.05, 0.1) is 0 Å². The van der Waals surface area contributed by atoms with Crippen LogP contribution in [0.25, 0.3) is 16.3 Å². The van der Waals surface area contributed by atoms with Gasteiger partial charge in [-0.15, -0.1) is 0 Å². The molecule has 0 saturated carbocycles. The van der Waals surface area contributed by atoms with Crippen molar-refractivity contribution < 1.29 is 45.5 Å². The van der Waals surface area contributed by atoms with E-state index in [1.54, 1.807) is 0 Å². The first-order valence-corrected chi connectivity index (χ1v) is 9.76. The number of nitrogens with zero attached hydrogens (tertiary/aromatic N) is 1. The second-order valence-electron chi connectivity index (χ2n) is 8.26. The Bertz CT molecular complexity index is 891. The van der Waals surface area contributed by atoms with Gasteiger partial charge >= 0.3 is 165 Å². The van der Waals surface area contributed by atoms with E-state index < -0.39 is 0 Å². The number of benzene rings is 2. The van der Waals surface area contributed by atoms with Crippen LogP contribution in [0.5, 0.6) is 0 Å². The summed E-state index contributed by atoms with van der Waals surface area (Å²) in [6.45, 7) is 14.6. The van der Waals surface area contributed by atoms with Gasteiger partial charge in [-0.25, -0.2) is 0 Å². The predicted octanol–water partition coefficient (Wildman–Crippen LogP) is 0.424. The molecule has 0 N–H and O–H groups in total. The zero-order valence-electron chi connectivity index (χ0n) is 17.1. The van der Waals surface area contributed by atoms with Gasteiger partial charge in [-0.1, -0.05) is 0 Å². The predicted molar refractivity (Wildman–Crippen MR) is 105 cm³/mol. The van der Waals surface area contributed by atoms with Crippen LogP contribution in [0.15, 0.2) is 53.1 Å². The molecule has 27 heavy (non-hydrogen) atoms. The molecule has 0 heterocycles. The molecule has 0 amide bonds. The average molecular weight is 437 g/mol. The van der Waals surface area contributed by atoms with Gasteiger partial charge < -0.3 is 24.8 Å². The number of halogens is 2. The molecule has 0 aromatic heterocycles. The summed E-state index contributed by atoms with van der Waals surface area (Å²) < 4.78 is 2.45. The molecule has 1 aliphatic rings. The van der Waals surface area contributed by atoms with E-state index in [4.69, 9.17) is 0 Å². The van der Waals surface area contributed by atoms with E-state index in [1.807, 2.05) is 0 Å². The molecule has 1 aliphatic carbocycles. The van der Waals surface area contributed by atoms with Crippen LogP contribution >= 0.6 is 0 Å². The van der Waals surface area contributed by atoms with Crippen molar-refractivity contribution in [1.82, 2.24) is 3.38 Å². The van der Waals surface area contributed by atoms with E-state index in [0.717, 1.165) is 13.0 Å². The third-order valence-corrected chi connectivity index (χ3v) is 6.88. The Hall–Kier alpha value is -0.566. The molecule has 0 unspecified atom stereocenters. The van der Waals surface area contributed by atoms with Crippen LogP contribution in [0.3, 0.4) is 0 Å². The molecule has 4 heteroatoms. The number of hydrogen-bond donors (Lipinski definition) is 0. The van der Waals surface area contributed by atoms with Crippen LogP contribution in [-0.2, 0) is 27.2 Å². The van der Waals surface area contributed by atoms with E-state index >= 15 is 0 Å². The van der Waals surface area contributed by atoms with Crippen LogP contribution in [-0.4, -0.2) is 8.92 Å². The Balaban J connectivity index is 0.00000182. The monoisotopic (exact) mass is 436 g/mol. The van der Waals surface area contributed by atoms with Crippen LogP contribution < -0.4 is 24.8 Å². The molecule has 0 radical (unpaired) electrons. The van der Waals surface area contributed by atoms with E-state index in [2.05, 4.69) is 102 Å². The molecular formula is C23H28Cl2NTi. The quantitative estimate of drug-likeness (QED) is 0.630. The summed E-state index contributed by atoms with van der Waals surface area (Å²) in [5.41, 5.74) is 9.01. The summed E-state index contributed by atoms with van der Waals surface area (Å²) in [5.74, 6) is 0. The van der Waals surface area contributed by atoms with Gasteiger partial charge in [-0.05, 0) is 0 Å². The summed E-state index contributed by atoms with van der Waals surface area (Å²) in [4.78, 5) is 0. The molecule has 2 aromatic rings. The standard InChI is InChI=1S/C23H28N.2ClH.Ti/c1-15-13-21(17(3)16(15)2)20-12-11-18-9-7-8-10-19(18)22(20)14-24-23(4,5)6;;;/h7-12H,13-14H2,1-6H3;2*1H;/q-1;;;+3/p-2. The second kappa shape index (κ2) is 9.29. The Morgan fingerprint density at radius 3 is 2.11 bits per heavy atom. The summed E-state index contributed by atoms with van der Waals surface area (Å²) in [5, 5.41) is 2.72. The maximum atomic E-state index is 2.45. The Morgan fingerprint density at radius 2 is 1.56 bits per heavy atom. The van der Waals surface area contributed by atoms with Gasteiger partial charge in [0.1, 0.15) is 0 Å². The molecule has 143 valence electrons. The second-order valence-corrected chi connectivity index (χ2v) is 9.10. The first kappa shape index (κ1) is 24.5. The number of hydrogen-bond acceptors (Lipinski definition) is 1. The van der Waals surface area contributed by atoms with Gasteiger partial charge in [0, 0.05) is 0 Å². The third-order valence-electron chi connectivity index (χ3n) is 5.59. The van der Waals surface area contributed by atoms with Gasteiger partial charge in [0.15, 0.2) is 0 Å². The maximum absolute atomic E-state index is 2.45. The number of allylic oxidation sites excluding steroid dienone is 4. The van der Waals surface area contributed by atoms with Gasteiger partial charge in [-0.3, -0.25) is 0 Å². The molecule has 0 bridgehead atoms. The number of rotatable bonds is 3. The van der Waals surface area contributed by atoms with E-state index in [-0.39, 0.29) is 30.4 Å². The zero-order chi connectivity index (χ0) is 18.4. The Kier molecular flexibility index (Phi) is 8.42. The van der Waals surface area contributed by atoms with Crippen LogP contribution in [0, 0.1) is 0 Å². The molecule has 0 saturated heterocycles. The van der Waals surface area contributed by atoms with Crippen molar-refractivity contribution in [2.24, 2.45) is 0 Å². The van der Waals surface area contributed by atoms with Crippen molar-refractivity contribution in [1.29, 1.82) is 0 Å². The molecular weight excluding hydrogens is 409 g/mol. The minimum absolute atomic E-state index is 0. The van der Waals surface area contributed by atoms with Crippen molar-refractivity contribution in [3.8, 4) is 0 Å². The topological polar surface area (TPSA) is 3.24 Å². The van der Waals surface area contributed by atoms with Crippen LogP contribution in [0.4, 0.5) is 0 Å². The smallest absolute Gasteiger partial charge is 1.00 e. The van der Waals surface area contributed by atoms with Gasteiger partial charge in [-0.2, -0.15) is 0 Å². The van der Waals surface area contributed by atoms with Crippen molar-refractivity contribution in [3.05, 3.63) is 64.2 Å². The molecule has 0 aliphatic heterocycles. The molecule has 3 rings (SSSR count). The Morgan fingerprint density at radius 1 is 0.926 bits per heavy atom. The van der Waals surface area contributed by atoms with Crippen molar-refractivity contribution in [2.45, 2.75) is 60.0 Å². The first-order chi connectivity index (χ1) is 11.7. The largest absolute Gasteiger partial charge is 1.00 e. The van der Waals surface area contributed by atoms with Crippen molar-refractivity contribution in [3.63, 3.8) is 0 Å². The minimum atomic E-state index is 0.